The molecule has 5 heteroatoms. The highest BCUT2D eigenvalue weighted by molar-refractivity contribution is 5.96. The zero-order chi connectivity index (χ0) is 16.4. The van der Waals surface area contributed by atoms with Gasteiger partial charge in [-0.3, -0.25) is 4.79 Å². The van der Waals surface area contributed by atoms with Gasteiger partial charge in [-0.25, -0.2) is 4.39 Å². The molecule has 21 heavy (non-hydrogen) atoms. The third-order valence-electron chi connectivity index (χ3n) is 3.09. The predicted molar refractivity (Wildman–Crippen MR) is 73.6 cm³/mol. The number of halogens is 4. The summed E-state index contributed by atoms with van der Waals surface area (Å²) in [6.07, 6.45) is -3.74. The van der Waals surface area contributed by atoms with E-state index in [-0.39, 0.29) is 29.1 Å². The van der Waals surface area contributed by atoms with Crippen molar-refractivity contribution in [1.82, 2.24) is 0 Å². The van der Waals surface area contributed by atoms with Crippen LogP contribution in [0.1, 0.15) is 56.5 Å². The Morgan fingerprint density at radius 1 is 1.19 bits per heavy atom. The number of carbonyl (C=O) groups is 1. The van der Waals surface area contributed by atoms with E-state index in [9.17, 15) is 22.4 Å². The first-order valence-electron chi connectivity index (χ1n) is 6.80. The van der Waals surface area contributed by atoms with Crippen molar-refractivity contribution in [2.24, 2.45) is 11.3 Å². The number of hydrogen-bond donors (Lipinski definition) is 0. The van der Waals surface area contributed by atoms with E-state index in [2.05, 4.69) is 0 Å². The molecular formula is C16H20F4O. The second-order valence-corrected chi connectivity index (χ2v) is 6.69. The van der Waals surface area contributed by atoms with Gasteiger partial charge >= 0.3 is 6.18 Å². The lowest BCUT2D eigenvalue weighted by atomic mass is 9.83. The van der Waals surface area contributed by atoms with Crippen molar-refractivity contribution in [2.45, 2.75) is 46.7 Å². The van der Waals surface area contributed by atoms with Crippen molar-refractivity contribution in [3.63, 3.8) is 0 Å². The minimum Gasteiger partial charge on any atom is -0.294 e. The SMILES string of the molecule is CC(CC(=O)c1ccc(C(F)(F)F)c(F)c1)CC(C)(C)C. The van der Waals surface area contributed by atoms with Crippen LogP contribution in [0.5, 0.6) is 0 Å². The van der Waals surface area contributed by atoms with Crippen LogP contribution in [0.2, 0.25) is 0 Å². The van der Waals surface area contributed by atoms with Gasteiger partial charge in [0.05, 0.1) is 5.56 Å². The fraction of sp³-hybridized carbons (Fsp3) is 0.562. The molecule has 0 radical (unpaired) electrons. The van der Waals surface area contributed by atoms with Gasteiger partial charge in [-0.1, -0.05) is 33.8 Å². The second kappa shape index (κ2) is 6.16. The van der Waals surface area contributed by atoms with Gasteiger partial charge in [0.25, 0.3) is 0 Å². The molecule has 0 N–H and O–H groups in total. The number of benzene rings is 1. The van der Waals surface area contributed by atoms with Crippen LogP contribution in [0.15, 0.2) is 18.2 Å². The summed E-state index contributed by atoms with van der Waals surface area (Å²) in [4.78, 5) is 12.0. The molecule has 1 unspecified atom stereocenters. The van der Waals surface area contributed by atoms with Crippen molar-refractivity contribution < 1.29 is 22.4 Å². The molecule has 1 nitrogen and oxygen atoms in total. The lowest BCUT2D eigenvalue weighted by Crippen LogP contribution is -2.15. The van der Waals surface area contributed by atoms with Crippen LogP contribution in [0.3, 0.4) is 0 Å². The number of rotatable bonds is 4. The van der Waals surface area contributed by atoms with E-state index in [4.69, 9.17) is 0 Å². The summed E-state index contributed by atoms with van der Waals surface area (Å²) in [6, 6.07) is 2.34. The minimum atomic E-state index is -4.74. The molecule has 1 aromatic carbocycles. The molecule has 0 aromatic heterocycles. The van der Waals surface area contributed by atoms with Crippen molar-refractivity contribution >= 4 is 5.78 Å². The maximum Gasteiger partial charge on any atom is 0.419 e. The van der Waals surface area contributed by atoms with Gasteiger partial charge in [0.1, 0.15) is 5.82 Å². The number of ketones is 1. The molecule has 0 aliphatic carbocycles. The van der Waals surface area contributed by atoms with E-state index < -0.39 is 17.6 Å². The molecular weight excluding hydrogens is 284 g/mol. The molecule has 1 aromatic rings. The fourth-order valence-corrected chi connectivity index (χ4v) is 2.47. The second-order valence-electron chi connectivity index (χ2n) is 6.69. The molecule has 0 saturated carbocycles. The molecule has 0 amide bonds. The van der Waals surface area contributed by atoms with Gasteiger partial charge < -0.3 is 0 Å². The van der Waals surface area contributed by atoms with E-state index >= 15 is 0 Å². The van der Waals surface area contributed by atoms with Crippen molar-refractivity contribution in [3.05, 3.63) is 35.1 Å². The van der Waals surface area contributed by atoms with Gasteiger partial charge in [-0.2, -0.15) is 13.2 Å². The average Bonchev–Trinajstić information content (AvgIpc) is 2.23. The van der Waals surface area contributed by atoms with Gasteiger partial charge in [0, 0.05) is 12.0 Å². The monoisotopic (exact) mass is 304 g/mol. The lowest BCUT2D eigenvalue weighted by Gasteiger charge is -2.22. The highest BCUT2D eigenvalue weighted by Gasteiger charge is 2.34. The molecule has 0 aliphatic rings. The Hall–Kier alpha value is -1.39. The minimum absolute atomic E-state index is 0.0127. The first kappa shape index (κ1) is 17.7. The normalized spacial score (nSPS) is 14.1. The lowest BCUT2D eigenvalue weighted by molar-refractivity contribution is -0.140. The van der Waals surface area contributed by atoms with E-state index in [0.29, 0.717) is 12.1 Å². The third-order valence-corrected chi connectivity index (χ3v) is 3.09. The Morgan fingerprint density at radius 3 is 2.19 bits per heavy atom. The molecule has 0 bridgehead atoms. The van der Waals surface area contributed by atoms with E-state index in [0.717, 1.165) is 12.5 Å². The Labute approximate surface area is 122 Å². The predicted octanol–water partition coefficient (Wildman–Crippen LogP) is 5.49. The summed E-state index contributed by atoms with van der Waals surface area (Å²) in [5.41, 5.74) is -1.30. The number of alkyl halides is 3. The van der Waals surface area contributed by atoms with Crippen LogP contribution in [-0.2, 0) is 6.18 Å². The number of hydrogen-bond acceptors (Lipinski definition) is 1. The maximum absolute atomic E-state index is 13.4. The first-order chi connectivity index (χ1) is 9.40. The summed E-state index contributed by atoms with van der Waals surface area (Å²) in [7, 11) is 0. The quantitative estimate of drug-likeness (QED) is 0.531. The van der Waals surface area contributed by atoms with Crippen molar-refractivity contribution in [1.29, 1.82) is 0 Å². The van der Waals surface area contributed by atoms with E-state index in [1.807, 2.05) is 27.7 Å². The van der Waals surface area contributed by atoms with Gasteiger partial charge in [-0.05, 0) is 29.9 Å². The van der Waals surface area contributed by atoms with Gasteiger partial charge in [-0.15, -0.1) is 0 Å². The highest BCUT2D eigenvalue weighted by Crippen LogP contribution is 2.32. The molecule has 0 aliphatic heterocycles. The molecule has 0 fully saturated rings. The van der Waals surface area contributed by atoms with Crippen LogP contribution in [0.4, 0.5) is 17.6 Å². The third kappa shape index (κ3) is 5.48. The smallest absolute Gasteiger partial charge is 0.294 e. The molecule has 0 saturated heterocycles. The summed E-state index contributed by atoms with van der Waals surface area (Å²) >= 11 is 0. The van der Waals surface area contributed by atoms with Gasteiger partial charge in [0.15, 0.2) is 5.78 Å². The van der Waals surface area contributed by atoms with Crippen LogP contribution in [0.25, 0.3) is 0 Å². The highest BCUT2D eigenvalue weighted by atomic mass is 19.4. The standard InChI is InChI=1S/C16H20F4O/c1-10(9-15(2,3)4)7-14(21)11-5-6-12(13(17)8-11)16(18,19)20/h5-6,8,10H,7,9H2,1-4H3. The van der Waals surface area contributed by atoms with Crippen LogP contribution < -0.4 is 0 Å². The average molecular weight is 304 g/mol. The van der Waals surface area contributed by atoms with Crippen LogP contribution in [0, 0.1) is 17.2 Å². The summed E-state index contributed by atoms with van der Waals surface area (Å²) in [5, 5.41) is 0. The van der Waals surface area contributed by atoms with E-state index in [1.165, 1.54) is 0 Å². The molecule has 1 rings (SSSR count). The van der Waals surface area contributed by atoms with Crippen LogP contribution >= 0.6 is 0 Å². The Kier molecular flexibility index (Phi) is 5.18. The molecule has 1 atom stereocenters. The maximum atomic E-state index is 13.4. The molecule has 118 valence electrons. The Morgan fingerprint density at radius 2 is 1.76 bits per heavy atom. The Bertz CT molecular complexity index is 512. The van der Waals surface area contributed by atoms with Crippen molar-refractivity contribution in [2.75, 3.05) is 0 Å². The summed E-state index contributed by atoms with van der Waals surface area (Å²) < 4.78 is 50.8. The van der Waals surface area contributed by atoms with Crippen molar-refractivity contribution in [3.8, 4) is 0 Å². The summed E-state index contributed by atoms with van der Waals surface area (Å²) in [6.45, 7) is 8.05. The number of Topliss-reactive ketones (excluding diaryl/α,β-unsaturated/α-hetero) is 1. The summed E-state index contributed by atoms with van der Waals surface area (Å²) in [5.74, 6) is -1.65. The first-order valence-corrected chi connectivity index (χ1v) is 6.80. The topological polar surface area (TPSA) is 17.1 Å². The molecule has 0 heterocycles. The largest absolute Gasteiger partial charge is 0.419 e. The van der Waals surface area contributed by atoms with Crippen LogP contribution in [-0.4, -0.2) is 5.78 Å². The fourth-order valence-electron chi connectivity index (χ4n) is 2.47. The number of carbonyl (C=O) groups excluding carboxylic acids is 1. The molecule has 0 spiro atoms. The van der Waals surface area contributed by atoms with E-state index in [1.54, 1.807) is 0 Å². The zero-order valence-electron chi connectivity index (χ0n) is 12.6. The zero-order valence-corrected chi connectivity index (χ0v) is 12.6. The van der Waals surface area contributed by atoms with Gasteiger partial charge in [0.2, 0.25) is 0 Å². The Balaban J connectivity index is 2.83.